The van der Waals surface area contributed by atoms with E-state index in [2.05, 4.69) is 10.2 Å². The summed E-state index contributed by atoms with van der Waals surface area (Å²) in [5.74, 6) is 0.329. The van der Waals surface area contributed by atoms with Crippen LogP contribution in [-0.2, 0) is 16.4 Å². The molecule has 1 saturated heterocycles. The second kappa shape index (κ2) is 6.65. The summed E-state index contributed by atoms with van der Waals surface area (Å²) >= 11 is 0. The molecule has 1 aromatic carbocycles. The van der Waals surface area contributed by atoms with Crippen molar-refractivity contribution in [2.75, 3.05) is 31.6 Å². The minimum Gasteiger partial charge on any atom is -0.312 e. The lowest BCUT2D eigenvalue weighted by Gasteiger charge is -2.18. The van der Waals surface area contributed by atoms with Gasteiger partial charge in [-0.1, -0.05) is 12.1 Å². The first-order chi connectivity index (χ1) is 9.44. The Hall–Kier alpha value is -0.980. The summed E-state index contributed by atoms with van der Waals surface area (Å²) in [5.41, 5.74) is 0.941. The normalized spacial score (nSPS) is 21.4. The van der Waals surface area contributed by atoms with Gasteiger partial charge in [-0.3, -0.25) is 0 Å². The number of hydrogen-bond donors (Lipinski definition) is 1. The second-order valence-electron chi connectivity index (χ2n) is 5.42. The monoisotopic (exact) mass is 300 g/mol. The van der Waals surface area contributed by atoms with Crippen LogP contribution in [-0.4, -0.2) is 51.0 Å². The van der Waals surface area contributed by atoms with Gasteiger partial charge >= 0.3 is 0 Å². The van der Waals surface area contributed by atoms with Gasteiger partial charge < -0.3 is 10.2 Å². The maximum Gasteiger partial charge on any atom is 0.151 e. The van der Waals surface area contributed by atoms with E-state index in [1.165, 1.54) is 12.1 Å². The number of halogens is 1. The molecule has 1 unspecified atom stereocenters. The number of hydrogen-bond acceptors (Lipinski definition) is 4. The Morgan fingerprint density at radius 1 is 1.45 bits per heavy atom. The van der Waals surface area contributed by atoms with E-state index in [4.69, 9.17) is 0 Å². The van der Waals surface area contributed by atoms with E-state index in [0.29, 0.717) is 18.7 Å². The van der Waals surface area contributed by atoms with Gasteiger partial charge in [0.2, 0.25) is 0 Å². The molecule has 4 nitrogen and oxygen atoms in total. The van der Waals surface area contributed by atoms with Crippen molar-refractivity contribution in [3.63, 3.8) is 0 Å². The molecule has 1 heterocycles. The average Bonchev–Trinajstić information content (AvgIpc) is 2.69. The molecule has 112 valence electrons. The highest BCUT2D eigenvalue weighted by atomic mass is 32.2. The molecule has 0 bridgehead atoms. The minimum absolute atomic E-state index is 0.0857. The van der Waals surface area contributed by atoms with Crippen LogP contribution in [0.15, 0.2) is 24.3 Å². The van der Waals surface area contributed by atoms with Crippen molar-refractivity contribution in [1.82, 2.24) is 10.2 Å². The highest BCUT2D eigenvalue weighted by molar-refractivity contribution is 7.91. The van der Waals surface area contributed by atoms with E-state index in [9.17, 15) is 12.8 Å². The molecular formula is C14H21FN2O2S. The Labute approximate surface area is 119 Å². The molecule has 0 spiro atoms. The summed E-state index contributed by atoms with van der Waals surface area (Å²) in [6.07, 6.45) is 0.704. The number of benzene rings is 1. The van der Waals surface area contributed by atoms with Crippen molar-refractivity contribution < 1.29 is 12.8 Å². The Balaban J connectivity index is 1.69. The predicted octanol–water partition coefficient (Wildman–Crippen LogP) is 1.03. The first kappa shape index (κ1) is 15.4. The van der Waals surface area contributed by atoms with Crippen LogP contribution in [0.5, 0.6) is 0 Å². The van der Waals surface area contributed by atoms with Crippen LogP contribution in [0.3, 0.4) is 0 Å². The second-order valence-corrected chi connectivity index (χ2v) is 7.65. The van der Waals surface area contributed by atoms with Crippen LogP contribution in [0.4, 0.5) is 4.39 Å². The zero-order valence-electron chi connectivity index (χ0n) is 11.7. The van der Waals surface area contributed by atoms with Crippen LogP contribution in [0, 0.1) is 5.82 Å². The van der Waals surface area contributed by atoms with E-state index in [0.717, 1.165) is 18.7 Å². The lowest BCUT2D eigenvalue weighted by Crippen LogP contribution is -2.36. The molecule has 2 rings (SSSR count). The number of nitrogens with one attached hydrogen (secondary N) is 1. The van der Waals surface area contributed by atoms with E-state index < -0.39 is 9.84 Å². The van der Waals surface area contributed by atoms with Gasteiger partial charge in [0.05, 0.1) is 11.5 Å². The average molecular weight is 300 g/mol. The molecule has 0 radical (unpaired) electrons. The molecule has 1 fully saturated rings. The summed E-state index contributed by atoms with van der Waals surface area (Å²) in [7, 11) is -0.847. The van der Waals surface area contributed by atoms with Gasteiger partial charge in [-0.2, -0.15) is 0 Å². The van der Waals surface area contributed by atoms with Gasteiger partial charge in [0.1, 0.15) is 5.82 Å². The van der Waals surface area contributed by atoms with Gasteiger partial charge in [-0.05, 0) is 31.2 Å². The van der Waals surface area contributed by atoms with Crippen LogP contribution in [0.1, 0.15) is 12.0 Å². The fraction of sp³-hybridized carbons (Fsp3) is 0.571. The number of sulfone groups is 1. The maximum atomic E-state index is 13.1. The van der Waals surface area contributed by atoms with Crippen molar-refractivity contribution in [3.8, 4) is 0 Å². The molecule has 20 heavy (non-hydrogen) atoms. The molecule has 1 N–H and O–H groups in total. The Kier molecular flexibility index (Phi) is 5.12. The lowest BCUT2D eigenvalue weighted by atomic mass is 10.2. The molecule has 1 aliphatic heterocycles. The van der Waals surface area contributed by atoms with E-state index in [1.54, 1.807) is 6.07 Å². The van der Waals surface area contributed by atoms with Crippen molar-refractivity contribution in [3.05, 3.63) is 35.6 Å². The predicted molar refractivity (Wildman–Crippen MR) is 77.8 cm³/mol. The SMILES string of the molecule is CN(CCNC1CCS(=O)(=O)C1)Cc1cccc(F)c1. The topological polar surface area (TPSA) is 49.4 Å². The standard InChI is InChI=1S/C14H21FN2O2S/c1-17(10-12-3-2-4-13(15)9-12)7-6-16-14-5-8-20(18,19)11-14/h2-4,9,14,16H,5-8,10-11H2,1H3. The largest absolute Gasteiger partial charge is 0.312 e. The Morgan fingerprint density at radius 3 is 2.90 bits per heavy atom. The first-order valence-corrected chi connectivity index (χ1v) is 8.63. The molecule has 0 amide bonds. The van der Waals surface area contributed by atoms with E-state index >= 15 is 0 Å². The summed E-state index contributed by atoms with van der Waals surface area (Å²) in [6, 6.07) is 6.66. The third-order valence-electron chi connectivity index (χ3n) is 3.50. The zero-order valence-corrected chi connectivity index (χ0v) is 12.5. The molecule has 6 heteroatoms. The first-order valence-electron chi connectivity index (χ1n) is 6.81. The highest BCUT2D eigenvalue weighted by Gasteiger charge is 2.27. The molecule has 0 saturated carbocycles. The molecular weight excluding hydrogens is 279 g/mol. The van der Waals surface area contributed by atoms with Gasteiger partial charge in [0.25, 0.3) is 0 Å². The van der Waals surface area contributed by atoms with E-state index in [-0.39, 0.29) is 17.6 Å². The smallest absolute Gasteiger partial charge is 0.151 e. The molecule has 0 aromatic heterocycles. The van der Waals surface area contributed by atoms with Gasteiger partial charge in [-0.25, -0.2) is 12.8 Å². The number of likely N-dealkylation sites (N-methyl/N-ethyl adjacent to an activating group) is 1. The zero-order chi connectivity index (χ0) is 14.6. The maximum absolute atomic E-state index is 13.1. The van der Waals surface area contributed by atoms with Crippen LogP contribution in [0.2, 0.25) is 0 Å². The van der Waals surface area contributed by atoms with Crippen molar-refractivity contribution >= 4 is 9.84 Å². The van der Waals surface area contributed by atoms with Gasteiger partial charge in [-0.15, -0.1) is 0 Å². The summed E-state index contributed by atoms with van der Waals surface area (Å²) in [4.78, 5) is 2.09. The molecule has 0 aliphatic carbocycles. The fourth-order valence-corrected chi connectivity index (χ4v) is 4.15. The molecule has 1 aliphatic rings. The lowest BCUT2D eigenvalue weighted by molar-refractivity contribution is 0.318. The summed E-state index contributed by atoms with van der Waals surface area (Å²) in [5, 5.41) is 3.27. The summed E-state index contributed by atoms with van der Waals surface area (Å²) < 4.78 is 35.7. The minimum atomic E-state index is -2.82. The van der Waals surface area contributed by atoms with Crippen molar-refractivity contribution in [2.24, 2.45) is 0 Å². The summed E-state index contributed by atoms with van der Waals surface area (Å²) in [6.45, 7) is 2.22. The van der Waals surface area contributed by atoms with Crippen LogP contribution in [0.25, 0.3) is 0 Å². The van der Waals surface area contributed by atoms with Gasteiger partial charge in [0, 0.05) is 25.7 Å². The van der Waals surface area contributed by atoms with Crippen LogP contribution >= 0.6 is 0 Å². The Morgan fingerprint density at radius 2 is 2.25 bits per heavy atom. The van der Waals surface area contributed by atoms with Crippen molar-refractivity contribution in [1.29, 1.82) is 0 Å². The van der Waals surface area contributed by atoms with Crippen molar-refractivity contribution in [2.45, 2.75) is 19.0 Å². The highest BCUT2D eigenvalue weighted by Crippen LogP contribution is 2.11. The quantitative estimate of drug-likeness (QED) is 0.853. The number of nitrogens with zero attached hydrogens (tertiary/aromatic N) is 1. The van der Waals surface area contributed by atoms with E-state index in [1.807, 2.05) is 13.1 Å². The van der Waals surface area contributed by atoms with Gasteiger partial charge in [0.15, 0.2) is 9.84 Å². The Bertz CT molecular complexity index is 548. The number of rotatable bonds is 6. The fourth-order valence-electron chi connectivity index (χ4n) is 2.44. The van der Waals surface area contributed by atoms with Crippen LogP contribution < -0.4 is 5.32 Å². The molecule has 1 atom stereocenters. The third kappa shape index (κ3) is 4.85. The molecule has 1 aromatic rings. The third-order valence-corrected chi connectivity index (χ3v) is 5.27.